The van der Waals surface area contributed by atoms with Crippen molar-refractivity contribution in [2.75, 3.05) is 16.4 Å². The molecule has 0 unspecified atom stereocenters. The molecule has 1 aromatic heterocycles. The molecule has 0 aliphatic heterocycles. The molecule has 0 spiro atoms. The second kappa shape index (κ2) is 9.09. The molecule has 4 rings (SSSR count). The molecule has 6 heteroatoms. The summed E-state index contributed by atoms with van der Waals surface area (Å²) in [6.45, 7) is 1.54. The molecule has 0 saturated heterocycles. The van der Waals surface area contributed by atoms with Gasteiger partial charge >= 0.3 is 0 Å². The van der Waals surface area contributed by atoms with E-state index in [1.807, 2.05) is 48.5 Å². The van der Waals surface area contributed by atoms with Gasteiger partial charge in [0.05, 0.1) is 6.04 Å². The maximum absolute atomic E-state index is 11.7. The third-order valence-corrected chi connectivity index (χ3v) is 4.96. The minimum atomic E-state index is -0.131. The van der Waals surface area contributed by atoms with E-state index >= 15 is 0 Å². The van der Waals surface area contributed by atoms with Gasteiger partial charge in [0, 0.05) is 11.3 Å². The van der Waals surface area contributed by atoms with E-state index in [4.69, 9.17) is 5.73 Å². The first-order chi connectivity index (χ1) is 15.1. The number of nitrogen functional groups attached to an aromatic ring is 1. The van der Waals surface area contributed by atoms with Crippen molar-refractivity contribution in [3.05, 3.63) is 108 Å². The maximum atomic E-state index is 11.7. The Morgan fingerprint density at radius 3 is 2.06 bits per heavy atom. The minimum Gasteiger partial charge on any atom is -0.393 e. The number of anilines is 4. The summed E-state index contributed by atoms with van der Waals surface area (Å²) in [5, 5.41) is 6.66. The largest absolute Gasteiger partial charge is 0.393 e. The number of aromatic nitrogens is 2. The van der Waals surface area contributed by atoms with Gasteiger partial charge in [0.15, 0.2) is 17.4 Å². The van der Waals surface area contributed by atoms with Crippen molar-refractivity contribution in [2.45, 2.75) is 13.0 Å². The molecule has 31 heavy (non-hydrogen) atoms. The lowest BCUT2D eigenvalue weighted by molar-refractivity contribution is 0.101. The zero-order valence-electron chi connectivity index (χ0n) is 17.1. The normalized spacial score (nSPS) is 10.6. The monoisotopic (exact) mass is 409 g/mol. The van der Waals surface area contributed by atoms with Gasteiger partial charge in [-0.1, -0.05) is 72.8 Å². The van der Waals surface area contributed by atoms with E-state index in [9.17, 15) is 4.79 Å². The SMILES string of the molecule is CC(=O)c1cccc(Nc2ncnc(NC(c3ccccc3)c3ccccc3)c2N)c1. The number of nitrogens with two attached hydrogens (primary N) is 1. The van der Waals surface area contributed by atoms with Crippen LogP contribution in [0.15, 0.2) is 91.3 Å². The zero-order valence-corrected chi connectivity index (χ0v) is 17.1. The fraction of sp³-hybridized carbons (Fsp3) is 0.0800. The van der Waals surface area contributed by atoms with E-state index in [2.05, 4.69) is 44.9 Å². The van der Waals surface area contributed by atoms with Crippen molar-refractivity contribution >= 4 is 28.8 Å². The van der Waals surface area contributed by atoms with Crippen molar-refractivity contribution < 1.29 is 4.79 Å². The minimum absolute atomic E-state index is 0.00442. The molecule has 0 bridgehead atoms. The van der Waals surface area contributed by atoms with Crippen LogP contribution in [0.2, 0.25) is 0 Å². The van der Waals surface area contributed by atoms with Crippen molar-refractivity contribution in [3.8, 4) is 0 Å². The number of nitrogens with one attached hydrogen (secondary N) is 2. The van der Waals surface area contributed by atoms with Gasteiger partial charge in [-0.15, -0.1) is 0 Å². The van der Waals surface area contributed by atoms with Crippen molar-refractivity contribution in [3.63, 3.8) is 0 Å². The highest BCUT2D eigenvalue weighted by atomic mass is 16.1. The third-order valence-electron chi connectivity index (χ3n) is 4.96. The molecule has 0 saturated carbocycles. The van der Waals surface area contributed by atoms with Gasteiger partial charge in [0.1, 0.15) is 12.0 Å². The molecule has 4 aromatic rings. The van der Waals surface area contributed by atoms with Gasteiger partial charge in [0.2, 0.25) is 0 Å². The molecule has 0 aliphatic rings. The number of rotatable bonds is 7. The number of ketones is 1. The highest BCUT2D eigenvalue weighted by Crippen LogP contribution is 2.31. The van der Waals surface area contributed by atoms with Crippen LogP contribution in [0.4, 0.5) is 23.0 Å². The van der Waals surface area contributed by atoms with Crippen LogP contribution in [0, 0.1) is 0 Å². The molecule has 4 N–H and O–H groups in total. The summed E-state index contributed by atoms with van der Waals surface area (Å²) in [4.78, 5) is 20.3. The summed E-state index contributed by atoms with van der Waals surface area (Å²) in [6, 6.07) is 27.3. The van der Waals surface area contributed by atoms with Crippen LogP contribution in [-0.2, 0) is 0 Å². The lowest BCUT2D eigenvalue weighted by Gasteiger charge is -2.22. The van der Waals surface area contributed by atoms with Crippen molar-refractivity contribution in [2.24, 2.45) is 0 Å². The Morgan fingerprint density at radius 2 is 1.45 bits per heavy atom. The van der Waals surface area contributed by atoms with Crippen LogP contribution in [-0.4, -0.2) is 15.8 Å². The van der Waals surface area contributed by atoms with E-state index in [-0.39, 0.29) is 11.8 Å². The fourth-order valence-corrected chi connectivity index (χ4v) is 3.35. The van der Waals surface area contributed by atoms with E-state index in [1.54, 1.807) is 12.1 Å². The van der Waals surface area contributed by atoms with Crippen molar-refractivity contribution in [1.29, 1.82) is 0 Å². The molecule has 0 atom stereocenters. The lowest BCUT2D eigenvalue weighted by Crippen LogP contribution is -2.15. The molecular formula is C25H23N5O. The Kier molecular flexibility index (Phi) is 5.89. The lowest BCUT2D eigenvalue weighted by atomic mass is 9.99. The average Bonchev–Trinajstić information content (AvgIpc) is 2.81. The first-order valence-corrected chi connectivity index (χ1v) is 9.97. The first-order valence-electron chi connectivity index (χ1n) is 9.97. The maximum Gasteiger partial charge on any atom is 0.159 e. The second-order valence-electron chi connectivity index (χ2n) is 7.15. The number of carbonyl (C=O) groups excluding carboxylic acids is 1. The third kappa shape index (κ3) is 4.70. The summed E-state index contributed by atoms with van der Waals surface area (Å²) >= 11 is 0. The Bertz CT molecular complexity index is 1140. The first kappa shape index (κ1) is 20.1. The van der Waals surface area contributed by atoms with Crippen LogP contribution in [0.3, 0.4) is 0 Å². The molecule has 3 aromatic carbocycles. The second-order valence-corrected chi connectivity index (χ2v) is 7.15. The molecule has 6 nitrogen and oxygen atoms in total. The molecule has 0 amide bonds. The van der Waals surface area contributed by atoms with Crippen LogP contribution in [0.5, 0.6) is 0 Å². The van der Waals surface area contributed by atoms with Gasteiger partial charge in [-0.25, -0.2) is 9.97 Å². The highest BCUT2D eigenvalue weighted by Gasteiger charge is 2.17. The topological polar surface area (TPSA) is 92.9 Å². The van der Waals surface area contributed by atoms with E-state index in [0.717, 1.165) is 16.8 Å². The molecule has 1 heterocycles. The van der Waals surface area contributed by atoms with Crippen LogP contribution in [0.25, 0.3) is 0 Å². The Morgan fingerprint density at radius 1 is 0.839 bits per heavy atom. The highest BCUT2D eigenvalue weighted by molar-refractivity contribution is 5.95. The van der Waals surface area contributed by atoms with Gasteiger partial charge in [-0.3, -0.25) is 4.79 Å². The predicted molar refractivity (Wildman–Crippen MR) is 125 cm³/mol. The number of carbonyl (C=O) groups is 1. The van der Waals surface area contributed by atoms with Gasteiger partial charge in [-0.2, -0.15) is 0 Å². The summed E-state index contributed by atoms with van der Waals surface area (Å²) in [6.07, 6.45) is 1.46. The Balaban J connectivity index is 1.65. The Labute approximate surface area is 181 Å². The van der Waals surface area contributed by atoms with E-state index in [1.165, 1.54) is 13.3 Å². The van der Waals surface area contributed by atoms with Gasteiger partial charge in [0.25, 0.3) is 0 Å². The summed E-state index contributed by atoms with van der Waals surface area (Å²) in [5.74, 6) is 0.992. The van der Waals surface area contributed by atoms with E-state index in [0.29, 0.717) is 22.9 Å². The molecule has 154 valence electrons. The molecule has 0 fully saturated rings. The van der Waals surface area contributed by atoms with Crippen LogP contribution in [0.1, 0.15) is 34.5 Å². The number of hydrogen-bond donors (Lipinski definition) is 3. The molecular weight excluding hydrogens is 386 g/mol. The quantitative estimate of drug-likeness (QED) is 0.363. The fourth-order valence-electron chi connectivity index (χ4n) is 3.35. The van der Waals surface area contributed by atoms with Crippen molar-refractivity contribution in [1.82, 2.24) is 9.97 Å². The number of nitrogens with zero attached hydrogens (tertiary/aromatic N) is 2. The summed E-state index contributed by atoms with van der Waals surface area (Å²) in [5.41, 5.74) is 10.3. The zero-order chi connectivity index (χ0) is 21.6. The van der Waals surface area contributed by atoms with Gasteiger partial charge < -0.3 is 16.4 Å². The Hall–Kier alpha value is -4.19. The standard InChI is InChI=1S/C25H23N5O/c1-17(31)20-13-8-14-21(15-20)29-24-22(26)25(28-16-27-24)30-23(18-9-4-2-5-10-18)19-11-6-3-7-12-19/h2-16,23H,26H2,1H3,(H2,27,28,29,30). The number of benzene rings is 3. The molecule has 0 aliphatic carbocycles. The van der Waals surface area contributed by atoms with Crippen LogP contribution >= 0.6 is 0 Å². The number of hydrogen-bond acceptors (Lipinski definition) is 6. The predicted octanol–water partition coefficient (Wildman–Crippen LogP) is 5.21. The van der Waals surface area contributed by atoms with E-state index < -0.39 is 0 Å². The summed E-state index contributed by atoms with van der Waals surface area (Å²) < 4.78 is 0. The molecule has 0 radical (unpaired) electrons. The smallest absolute Gasteiger partial charge is 0.159 e. The number of Topliss-reactive ketones (excluding diaryl/α,β-unsaturated/α-hetero) is 1. The average molecular weight is 409 g/mol. The summed E-state index contributed by atoms with van der Waals surface area (Å²) in [7, 11) is 0. The van der Waals surface area contributed by atoms with Crippen LogP contribution < -0.4 is 16.4 Å². The van der Waals surface area contributed by atoms with Gasteiger partial charge in [-0.05, 0) is 30.2 Å².